The van der Waals surface area contributed by atoms with E-state index in [1.54, 1.807) is 28.0 Å². The third kappa shape index (κ3) is 5.71. The van der Waals surface area contributed by atoms with E-state index in [4.69, 9.17) is 16.6 Å². The van der Waals surface area contributed by atoms with Gasteiger partial charge in [0, 0.05) is 74.8 Å². The topological polar surface area (TPSA) is 106 Å². The van der Waals surface area contributed by atoms with E-state index >= 15 is 0 Å². The van der Waals surface area contributed by atoms with E-state index < -0.39 is 6.04 Å². The average Bonchev–Trinajstić information content (AvgIpc) is 3.79. The first-order chi connectivity index (χ1) is 25.6. The van der Waals surface area contributed by atoms with Gasteiger partial charge in [0.25, 0.3) is 5.91 Å². The van der Waals surface area contributed by atoms with Crippen molar-refractivity contribution in [2.75, 3.05) is 26.2 Å². The zero-order chi connectivity index (χ0) is 37.1. The number of aldehydes is 1. The Morgan fingerprint density at radius 1 is 0.962 bits per heavy atom. The Kier molecular flexibility index (Phi) is 8.71. The van der Waals surface area contributed by atoms with E-state index in [2.05, 4.69) is 46.7 Å². The van der Waals surface area contributed by atoms with Gasteiger partial charge in [0.05, 0.1) is 23.2 Å². The minimum atomic E-state index is -0.550. The summed E-state index contributed by atoms with van der Waals surface area (Å²) in [6.07, 6.45) is 2.23. The molecule has 53 heavy (non-hydrogen) atoms. The van der Waals surface area contributed by atoms with E-state index in [1.165, 1.54) is 11.0 Å². The largest absolute Gasteiger partial charge is 0.368 e. The maximum Gasteiger partial charge on any atom is 0.254 e. The van der Waals surface area contributed by atoms with Gasteiger partial charge in [-0.15, -0.1) is 21.5 Å². The summed E-state index contributed by atoms with van der Waals surface area (Å²) in [4.78, 5) is 49.4. The summed E-state index contributed by atoms with van der Waals surface area (Å²) in [6, 6.07) is 18.2. The van der Waals surface area contributed by atoms with Gasteiger partial charge in [0.2, 0.25) is 5.91 Å². The second-order valence-corrected chi connectivity index (χ2v) is 15.0. The van der Waals surface area contributed by atoms with Crippen LogP contribution in [0, 0.1) is 20.8 Å². The van der Waals surface area contributed by atoms with Gasteiger partial charge in [0.15, 0.2) is 5.82 Å². The number of aromatic nitrogens is 4. The number of amides is 1. The minimum absolute atomic E-state index is 0.0145. The van der Waals surface area contributed by atoms with E-state index in [0.717, 1.165) is 61.5 Å². The van der Waals surface area contributed by atoms with Crippen LogP contribution in [0.15, 0.2) is 84.9 Å². The molecule has 3 aromatic heterocycles. The molecule has 0 bridgehead atoms. The van der Waals surface area contributed by atoms with Crippen molar-refractivity contribution in [3.05, 3.63) is 129 Å². The van der Waals surface area contributed by atoms with E-state index in [9.17, 15) is 14.4 Å². The smallest absolute Gasteiger partial charge is 0.254 e. The van der Waals surface area contributed by atoms with Crippen molar-refractivity contribution < 1.29 is 14.4 Å². The number of benzene rings is 3. The molecule has 1 saturated heterocycles. The van der Waals surface area contributed by atoms with Crippen molar-refractivity contribution in [1.82, 2.24) is 29.1 Å². The van der Waals surface area contributed by atoms with E-state index in [0.29, 0.717) is 53.6 Å². The highest BCUT2D eigenvalue weighted by Gasteiger charge is 2.34. The second kappa shape index (κ2) is 13.4. The van der Waals surface area contributed by atoms with Gasteiger partial charge in [-0.2, -0.15) is 0 Å². The zero-order valence-electron chi connectivity index (χ0n) is 29.6. The molecule has 0 N–H and O–H groups in total. The lowest BCUT2D eigenvalue weighted by Gasteiger charge is -2.37. The standard InChI is InChI=1S/C41H36ClN7O3S/c1-6-35(51)49-33-15-10-27(22-50)20-31(33)38-30(8-7-9-34(38)49)24(3)46-16-18-47(19-17-46)36(52)21-32-40-45-44-26(5)48(40)41-37(23(2)25(4)53-41)39(43-32)28-11-13-29(42)14-12-28/h6-15,20,22,32H,1,3,16-19,21H2,2,4-5H3/t32-/m0/s1. The van der Waals surface area contributed by atoms with Gasteiger partial charge >= 0.3 is 0 Å². The lowest BCUT2D eigenvalue weighted by atomic mass is 9.99. The number of rotatable bonds is 7. The third-order valence-electron chi connectivity index (χ3n) is 10.4. The number of piperazine rings is 1. The first-order valence-electron chi connectivity index (χ1n) is 17.4. The fourth-order valence-corrected chi connectivity index (χ4v) is 8.89. The number of aliphatic imine (C=N–C) groups is 1. The summed E-state index contributed by atoms with van der Waals surface area (Å²) >= 11 is 7.95. The summed E-state index contributed by atoms with van der Waals surface area (Å²) < 4.78 is 3.68. The number of aryl methyl sites for hydroxylation is 2. The van der Waals surface area contributed by atoms with Crippen molar-refractivity contribution >= 4 is 74.3 Å². The quantitative estimate of drug-likeness (QED) is 0.122. The number of hydrogen-bond donors (Lipinski definition) is 0. The highest BCUT2D eigenvalue weighted by molar-refractivity contribution is 7.15. The number of hydrogen-bond acceptors (Lipinski definition) is 8. The predicted molar refractivity (Wildman–Crippen MR) is 211 cm³/mol. The first kappa shape index (κ1) is 34.4. The normalized spacial score (nSPS) is 15.5. The molecule has 0 radical (unpaired) electrons. The maximum absolute atomic E-state index is 14.1. The Morgan fingerprint density at radius 2 is 1.70 bits per heavy atom. The van der Waals surface area contributed by atoms with Gasteiger partial charge in [-0.25, -0.2) is 0 Å². The van der Waals surface area contributed by atoms with Crippen LogP contribution in [0.3, 0.4) is 0 Å². The zero-order valence-corrected chi connectivity index (χ0v) is 31.2. The van der Waals surface area contributed by atoms with E-state index in [-0.39, 0.29) is 18.2 Å². The Balaban J connectivity index is 1.07. The molecule has 3 aromatic carbocycles. The molecule has 8 rings (SSSR count). The SMILES string of the molecule is C=CC(=O)n1c2ccc(C=O)cc2c2c(C(=C)N3CCN(C(=O)C[C@@H]4N=C(c5ccc(Cl)cc5)c5c(sc(C)c5C)-n5c(C)nnc54)CC3)cccc21. The monoisotopic (exact) mass is 741 g/mol. The average molecular weight is 742 g/mol. The minimum Gasteiger partial charge on any atom is -0.368 e. The molecule has 0 saturated carbocycles. The number of allylic oxidation sites excluding steroid dienone is 1. The molecule has 2 aliphatic heterocycles. The van der Waals surface area contributed by atoms with E-state index in [1.807, 2.05) is 60.4 Å². The van der Waals surface area contributed by atoms with Gasteiger partial charge in [-0.05, 0) is 68.8 Å². The van der Waals surface area contributed by atoms with Crippen LogP contribution < -0.4 is 0 Å². The molecule has 1 fully saturated rings. The van der Waals surface area contributed by atoms with Crippen LogP contribution in [0.2, 0.25) is 5.02 Å². The summed E-state index contributed by atoms with van der Waals surface area (Å²) in [7, 11) is 0. The Labute approximate surface area is 315 Å². The van der Waals surface area contributed by atoms with Crippen LogP contribution >= 0.6 is 22.9 Å². The highest BCUT2D eigenvalue weighted by Crippen LogP contribution is 2.40. The van der Waals surface area contributed by atoms with Crippen LogP contribution in [-0.4, -0.2) is 79.1 Å². The molecule has 0 spiro atoms. The van der Waals surface area contributed by atoms with Gasteiger partial charge in [0.1, 0.15) is 23.2 Å². The van der Waals surface area contributed by atoms with Crippen LogP contribution in [-0.2, 0) is 4.79 Å². The number of nitrogens with zero attached hydrogens (tertiary/aromatic N) is 7. The Bertz CT molecular complexity index is 2550. The molecule has 1 amide bonds. The third-order valence-corrected chi connectivity index (χ3v) is 11.8. The van der Waals surface area contributed by atoms with Crippen LogP contribution in [0.1, 0.15) is 66.4 Å². The lowest BCUT2D eigenvalue weighted by Crippen LogP contribution is -2.48. The number of carbonyl (C=O) groups excluding carboxylic acids is 3. The molecule has 1 atom stereocenters. The molecule has 2 aliphatic rings. The van der Waals surface area contributed by atoms with Crippen LogP contribution in [0.25, 0.3) is 32.5 Å². The second-order valence-electron chi connectivity index (χ2n) is 13.4. The molecule has 0 unspecified atom stereocenters. The van der Waals surface area contributed by atoms with Gasteiger partial charge < -0.3 is 9.80 Å². The van der Waals surface area contributed by atoms with Crippen molar-refractivity contribution in [2.24, 2.45) is 4.99 Å². The van der Waals surface area contributed by atoms with Crippen LogP contribution in [0.4, 0.5) is 0 Å². The van der Waals surface area contributed by atoms with Crippen LogP contribution in [0.5, 0.6) is 0 Å². The highest BCUT2D eigenvalue weighted by atomic mass is 35.5. The predicted octanol–water partition coefficient (Wildman–Crippen LogP) is 7.75. The molecule has 10 nitrogen and oxygen atoms in total. The molecule has 12 heteroatoms. The van der Waals surface area contributed by atoms with Gasteiger partial charge in [-0.3, -0.25) is 28.5 Å². The molecular weight excluding hydrogens is 706 g/mol. The summed E-state index contributed by atoms with van der Waals surface area (Å²) in [5, 5.41) is 12.3. The van der Waals surface area contributed by atoms with Crippen molar-refractivity contribution in [3.63, 3.8) is 0 Å². The number of carbonyl (C=O) groups is 3. The molecule has 5 heterocycles. The molecule has 0 aliphatic carbocycles. The Hall–Kier alpha value is -5.65. The van der Waals surface area contributed by atoms with Crippen molar-refractivity contribution in [2.45, 2.75) is 33.2 Å². The van der Waals surface area contributed by atoms with Gasteiger partial charge in [-0.1, -0.05) is 49.0 Å². The fraction of sp³-hybridized carbons (Fsp3) is 0.220. The molecular formula is C41H36ClN7O3S. The number of thiophene rings is 1. The summed E-state index contributed by atoms with van der Waals surface area (Å²) in [5.74, 6) is 1.12. The summed E-state index contributed by atoms with van der Waals surface area (Å²) in [6.45, 7) is 16.5. The van der Waals surface area contributed by atoms with Crippen molar-refractivity contribution in [1.29, 1.82) is 0 Å². The maximum atomic E-state index is 14.1. The molecule has 266 valence electrons. The van der Waals surface area contributed by atoms with Crippen molar-refractivity contribution in [3.8, 4) is 5.00 Å². The Morgan fingerprint density at radius 3 is 2.42 bits per heavy atom. The first-order valence-corrected chi connectivity index (χ1v) is 18.6. The number of halogens is 1. The summed E-state index contributed by atoms with van der Waals surface area (Å²) in [5.41, 5.74) is 7.46. The molecule has 6 aromatic rings. The fourth-order valence-electron chi connectivity index (χ4n) is 7.55. The number of fused-ring (bicyclic) bond motifs is 6. The lowest BCUT2D eigenvalue weighted by molar-refractivity contribution is -0.133.